The summed E-state index contributed by atoms with van der Waals surface area (Å²) in [5.41, 5.74) is 0.161. The lowest BCUT2D eigenvalue weighted by Crippen LogP contribution is -2.59. The molecule has 18 heavy (non-hydrogen) atoms. The first-order valence-electron chi connectivity index (χ1n) is 5.77. The highest BCUT2D eigenvalue weighted by molar-refractivity contribution is 6.34. The van der Waals surface area contributed by atoms with Crippen molar-refractivity contribution in [2.24, 2.45) is 0 Å². The molecular formula is C13H14ClNO3. The maximum absolute atomic E-state index is 12.0. The fraction of sp³-hybridized carbons (Fsp3) is 0.385. The van der Waals surface area contributed by atoms with Gasteiger partial charge in [-0.3, -0.25) is 4.79 Å². The molecule has 0 unspecified atom stereocenters. The van der Waals surface area contributed by atoms with E-state index in [1.807, 2.05) is 6.92 Å². The van der Waals surface area contributed by atoms with E-state index in [0.29, 0.717) is 23.4 Å². The van der Waals surface area contributed by atoms with Crippen molar-refractivity contribution < 1.29 is 14.7 Å². The number of aliphatic carboxylic acids is 1. The Labute approximate surface area is 110 Å². The predicted octanol–water partition coefficient (Wildman–Crippen LogP) is 2.39. The number of aryl methyl sites for hydroxylation is 1. The number of halogens is 1. The number of nitrogens with one attached hydrogen (secondary N) is 1. The van der Waals surface area contributed by atoms with Crippen LogP contribution in [-0.4, -0.2) is 22.5 Å². The van der Waals surface area contributed by atoms with Crippen LogP contribution in [0.25, 0.3) is 0 Å². The smallest absolute Gasteiger partial charge is 0.329 e. The third-order valence-corrected chi connectivity index (χ3v) is 3.65. The number of amides is 1. The molecule has 1 amide bonds. The topological polar surface area (TPSA) is 66.4 Å². The Bertz CT molecular complexity index is 509. The second-order valence-corrected chi connectivity index (χ2v) is 5.09. The molecule has 0 radical (unpaired) electrons. The molecule has 5 heteroatoms. The fourth-order valence-corrected chi connectivity index (χ4v) is 2.33. The minimum Gasteiger partial charge on any atom is -0.480 e. The molecule has 1 aromatic carbocycles. The normalized spacial score (nSPS) is 16.8. The fourth-order valence-electron chi connectivity index (χ4n) is 2.01. The van der Waals surface area contributed by atoms with Crippen LogP contribution in [0.4, 0.5) is 0 Å². The molecule has 0 aromatic heterocycles. The molecule has 1 aliphatic rings. The second-order valence-electron chi connectivity index (χ2n) is 4.68. The molecule has 0 aliphatic heterocycles. The van der Waals surface area contributed by atoms with E-state index in [-0.39, 0.29) is 0 Å². The van der Waals surface area contributed by atoms with Crippen molar-refractivity contribution in [1.82, 2.24) is 5.32 Å². The number of rotatable bonds is 3. The van der Waals surface area contributed by atoms with Crippen LogP contribution in [-0.2, 0) is 4.79 Å². The number of carboxylic acid groups (broad SMARTS) is 1. The van der Waals surface area contributed by atoms with Crippen molar-refractivity contribution >= 4 is 23.5 Å². The number of carbonyl (C=O) groups is 2. The molecule has 1 aliphatic carbocycles. The summed E-state index contributed by atoms with van der Waals surface area (Å²) in [6.45, 7) is 1.87. The number of hydrogen-bond acceptors (Lipinski definition) is 2. The zero-order valence-corrected chi connectivity index (χ0v) is 10.8. The molecule has 2 N–H and O–H groups in total. The lowest BCUT2D eigenvalue weighted by molar-refractivity contribution is -0.148. The van der Waals surface area contributed by atoms with Crippen molar-refractivity contribution in [2.75, 3.05) is 0 Å². The third-order valence-electron chi connectivity index (χ3n) is 3.34. The Morgan fingerprint density at radius 3 is 2.50 bits per heavy atom. The van der Waals surface area contributed by atoms with E-state index < -0.39 is 17.4 Å². The molecule has 0 atom stereocenters. The van der Waals surface area contributed by atoms with Crippen molar-refractivity contribution in [3.63, 3.8) is 0 Å². The first kappa shape index (κ1) is 12.9. The van der Waals surface area contributed by atoms with Gasteiger partial charge in [-0.05, 0) is 43.9 Å². The van der Waals surface area contributed by atoms with Gasteiger partial charge in [-0.1, -0.05) is 17.7 Å². The van der Waals surface area contributed by atoms with Gasteiger partial charge in [0.15, 0.2) is 0 Å². The lowest BCUT2D eigenvalue weighted by Gasteiger charge is -2.38. The van der Waals surface area contributed by atoms with E-state index in [0.717, 1.165) is 12.0 Å². The van der Waals surface area contributed by atoms with Crippen molar-refractivity contribution in [1.29, 1.82) is 0 Å². The van der Waals surface area contributed by atoms with Gasteiger partial charge in [0, 0.05) is 0 Å². The molecule has 0 heterocycles. The van der Waals surface area contributed by atoms with Crippen LogP contribution in [0.3, 0.4) is 0 Å². The molecule has 1 fully saturated rings. The van der Waals surface area contributed by atoms with Crippen LogP contribution in [0.15, 0.2) is 18.2 Å². The van der Waals surface area contributed by atoms with Gasteiger partial charge in [0.1, 0.15) is 5.54 Å². The summed E-state index contributed by atoms with van der Waals surface area (Å²) in [5.74, 6) is -1.41. The van der Waals surface area contributed by atoms with Gasteiger partial charge in [0.05, 0.1) is 10.6 Å². The van der Waals surface area contributed by atoms with E-state index in [1.165, 1.54) is 0 Å². The zero-order valence-electron chi connectivity index (χ0n) is 10.00. The molecule has 4 nitrogen and oxygen atoms in total. The molecule has 1 saturated carbocycles. The lowest BCUT2D eigenvalue weighted by atomic mass is 9.76. The number of benzene rings is 1. The number of carbonyl (C=O) groups excluding carboxylic acids is 1. The molecule has 96 valence electrons. The van der Waals surface area contributed by atoms with Gasteiger partial charge in [0.2, 0.25) is 0 Å². The SMILES string of the molecule is Cc1ccc(C(=O)NC2(C(=O)O)CCC2)c(Cl)c1. The zero-order chi connectivity index (χ0) is 13.3. The summed E-state index contributed by atoms with van der Waals surface area (Å²) in [6.07, 6.45) is 1.75. The minimum atomic E-state index is -1.11. The summed E-state index contributed by atoms with van der Waals surface area (Å²) in [5, 5.41) is 12.1. The molecule has 0 bridgehead atoms. The Morgan fingerprint density at radius 2 is 2.06 bits per heavy atom. The summed E-state index contributed by atoms with van der Waals surface area (Å²) in [6, 6.07) is 5.07. The van der Waals surface area contributed by atoms with E-state index in [2.05, 4.69) is 5.32 Å². The third kappa shape index (κ3) is 2.20. The Kier molecular flexibility index (Phi) is 3.30. The Hall–Kier alpha value is -1.55. The van der Waals surface area contributed by atoms with Crippen LogP contribution in [0.1, 0.15) is 35.2 Å². The van der Waals surface area contributed by atoms with Gasteiger partial charge in [0.25, 0.3) is 5.91 Å². The highest BCUT2D eigenvalue weighted by atomic mass is 35.5. The standard InChI is InChI=1S/C13H14ClNO3/c1-8-3-4-9(10(14)7-8)11(16)15-13(12(17)18)5-2-6-13/h3-4,7H,2,5-6H2,1H3,(H,15,16)(H,17,18). The highest BCUT2D eigenvalue weighted by Crippen LogP contribution is 2.32. The van der Waals surface area contributed by atoms with Gasteiger partial charge in [-0.15, -0.1) is 0 Å². The molecular weight excluding hydrogens is 254 g/mol. The summed E-state index contributed by atoms with van der Waals surface area (Å²) >= 11 is 5.99. The molecule has 2 rings (SSSR count). The largest absolute Gasteiger partial charge is 0.480 e. The van der Waals surface area contributed by atoms with Crippen LogP contribution in [0.2, 0.25) is 5.02 Å². The highest BCUT2D eigenvalue weighted by Gasteiger charge is 2.45. The van der Waals surface area contributed by atoms with Gasteiger partial charge in [-0.2, -0.15) is 0 Å². The van der Waals surface area contributed by atoms with Crippen LogP contribution in [0.5, 0.6) is 0 Å². The van der Waals surface area contributed by atoms with E-state index in [1.54, 1.807) is 18.2 Å². The average Bonchev–Trinajstić information content (AvgIpc) is 2.22. The van der Waals surface area contributed by atoms with Crippen molar-refractivity contribution in [2.45, 2.75) is 31.7 Å². The summed E-state index contributed by atoms with van der Waals surface area (Å²) in [7, 11) is 0. The Morgan fingerprint density at radius 1 is 1.39 bits per heavy atom. The number of hydrogen-bond donors (Lipinski definition) is 2. The van der Waals surface area contributed by atoms with E-state index in [4.69, 9.17) is 16.7 Å². The molecule has 1 aromatic rings. The molecule has 0 spiro atoms. The van der Waals surface area contributed by atoms with Gasteiger partial charge < -0.3 is 10.4 Å². The summed E-state index contributed by atoms with van der Waals surface area (Å²) in [4.78, 5) is 23.2. The first-order valence-corrected chi connectivity index (χ1v) is 6.14. The van der Waals surface area contributed by atoms with Crippen molar-refractivity contribution in [3.8, 4) is 0 Å². The maximum atomic E-state index is 12.0. The molecule has 0 saturated heterocycles. The van der Waals surface area contributed by atoms with E-state index >= 15 is 0 Å². The maximum Gasteiger partial charge on any atom is 0.329 e. The van der Waals surface area contributed by atoms with Crippen LogP contribution in [0, 0.1) is 6.92 Å². The predicted molar refractivity (Wildman–Crippen MR) is 67.9 cm³/mol. The average molecular weight is 268 g/mol. The van der Waals surface area contributed by atoms with E-state index in [9.17, 15) is 9.59 Å². The quantitative estimate of drug-likeness (QED) is 0.884. The van der Waals surface area contributed by atoms with Gasteiger partial charge in [-0.25, -0.2) is 4.79 Å². The van der Waals surface area contributed by atoms with Crippen LogP contribution >= 0.6 is 11.6 Å². The monoisotopic (exact) mass is 267 g/mol. The Balaban J connectivity index is 2.19. The van der Waals surface area contributed by atoms with Crippen molar-refractivity contribution in [3.05, 3.63) is 34.3 Å². The number of carboxylic acids is 1. The summed E-state index contributed by atoms with van der Waals surface area (Å²) < 4.78 is 0. The van der Waals surface area contributed by atoms with Gasteiger partial charge >= 0.3 is 5.97 Å². The van der Waals surface area contributed by atoms with Crippen LogP contribution < -0.4 is 5.32 Å². The second kappa shape index (κ2) is 4.61. The minimum absolute atomic E-state index is 0.315. The first-order chi connectivity index (χ1) is 8.44.